The molecule has 0 bridgehead atoms. The van der Waals surface area contributed by atoms with Gasteiger partial charge in [0, 0.05) is 12.1 Å². The second kappa shape index (κ2) is 3.10. The fraction of sp³-hybridized carbons (Fsp3) is 0. The smallest absolute Gasteiger partial charge is 0.342 e. The minimum atomic E-state index is -1.48. The molecule has 6 heteroatoms. The van der Waals surface area contributed by atoms with Crippen molar-refractivity contribution in [2.75, 3.05) is 0 Å². The summed E-state index contributed by atoms with van der Waals surface area (Å²) < 4.78 is 0. The van der Waals surface area contributed by atoms with Crippen molar-refractivity contribution < 1.29 is 19.9 Å². The lowest BCUT2D eigenvalue weighted by molar-refractivity contribution is -0.385. The molecule has 0 aliphatic rings. The SMILES string of the molecule is [O]c1ccc([N+](=O)[O-])c(C(=O)O)c1. The molecule has 1 N–H and O–H groups in total. The van der Waals surface area contributed by atoms with Crippen LogP contribution < -0.4 is 0 Å². The van der Waals surface area contributed by atoms with Gasteiger partial charge >= 0.3 is 5.97 Å². The Balaban J connectivity index is 3.35. The van der Waals surface area contributed by atoms with Crippen LogP contribution in [0.25, 0.3) is 0 Å². The highest BCUT2D eigenvalue weighted by atomic mass is 16.6. The normalized spacial score (nSPS) is 9.54. The van der Waals surface area contributed by atoms with E-state index in [2.05, 4.69) is 0 Å². The summed E-state index contributed by atoms with van der Waals surface area (Å²) >= 11 is 0. The van der Waals surface area contributed by atoms with Crippen molar-refractivity contribution in [1.82, 2.24) is 0 Å². The Hall–Kier alpha value is -2.11. The van der Waals surface area contributed by atoms with Gasteiger partial charge in [0.1, 0.15) is 5.56 Å². The molecular weight excluding hydrogens is 178 g/mol. The van der Waals surface area contributed by atoms with Crippen LogP contribution in [-0.2, 0) is 5.11 Å². The highest BCUT2D eigenvalue weighted by Gasteiger charge is 2.19. The summed E-state index contributed by atoms with van der Waals surface area (Å²) in [6, 6.07) is 2.55. The molecule has 13 heavy (non-hydrogen) atoms. The van der Waals surface area contributed by atoms with Crippen LogP contribution in [0.4, 0.5) is 5.69 Å². The van der Waals surface area contributed by atoms with E-state index in [4.69, 9.17) is 5.11 Å². The summed E-state index contributed by atoms with van der Waals surface area (Å²) in [7, 11) is 0. The van der Waals surface area contributed by atoms with Crippen molar-refractivity contribution in [3.8, 4) is 5.75 Å². The first kappa shape index (κ1) is 8.98. The lowest BCUT2D eigenvalue weighted by Gasteiger charge is -1.96. The van der Waals surface area contributed by atoms with Crippen molar-refractivity contribution in [2.45, 2.75) is 0 Å². The topological polar surface area (TPSA) is 100 Å². The molecule has 0 aliphatic carbocycles. The number of aromatic carboxylic acids is 1. The standard InChI is InChI=1S/C7H4NO5/c9-4-1-2-6(8(12)13)5(3-4)7(10)11/h1-3H,(H,10,11). The predicted octanol–water partition coefficient (Wildman–Crippen LogP) is 1.44. The van der Waals surface area contributed by atoms with E-state index in [1.807, 2.05) is 0 Å². The Morgan fingerprint density at radius 3 is 2.54 bits per heavy atom. The van der Waals surface area contributed by atoms with E-state index in [0.717, 1.165) is 18.2 Å². The fourth-order valence-corrected chi connectivity index (χ4v) is 0.846. The van der Waals surface area contributed by atoms with Gasteiger partial charge in [-0.1, -0.05) is 0 Å². The molecule has 67 valence electrons. The van der Waals surface area contributed by atoms with Crippen LogP contribution >= 0.6 is 0 Å². The molecular formula is C7H4NO5. The first-order valence-electron chi connectivity index (χ1n) is 3.21. The Morgan fingerprint density at radius 1 is 1.46 bits per heavy atom. The summed E-state index contributed by atoms with van der Waals surface area (Å²) in [5.41, 5.74) is -1.16. The molecule has 0 saturated carbocycles. The zero-order chi connectivity index (χ0) is 10.0. The molecule has 0 fully saturated rings. The summed E-state index contributed by atoms with van der Waals surface area (Å²) in [6.07, 6.45) is 0. The lowest BCUT2D eigenvalue weighted by atomic mass is 10.2. The van der Waals surface area contributed by atoms with Gasteiger partial charge in [-0.05, 0) is 6.07 Å². The molecule has 0 atom stereocenters. The molecule has 1 rings (SSSR count). The molecule has 6 nitrogen and oxygen atoms in total. The van der Waals surface area contributed by atoms with Crippen LogP contribution in [0.2, 0.25) is 0 Å². The number of hydrogen-bond acceptors (Lipinski definition) is 3. The van der Waals surface area contributed by atoms with E-state index in [1.165, 1.54) is 0 Å². The van der Waals surface area contributed by atoms with E-state index in [0.29, 0.717) is 0 Å². The molecule has 0 aromatic heterocycles. The van der Waals surface area contributed by atoms with E-state index >= 15 is 0 Å². The molecule has 0 heterocycles. The van der Waals surface area contributed by atoms with Crippen LogP contribution in [-0.4, -0.2) is 16.0 Å². The molecule has 0 saturated heterocycles. The van der Waals surface area contributed by atoms with Gasteiger partial charge < -0.3 is 5.11 Å². The quantitative estimate of drug-likeness (QED) is 0.552. The zero-order valence-electron chi connectivity index (χ0n) is 6.26. The number of nitro groups is 1. The highest BCUT2D eigenvalue weighted by Crippen LogP contribution is 2.23. The summed E-state index contributed by atoms with van der Waals surface area (Å²) in [5, 5.41) is 29.5. The summed E-state index contributed by atoms with van der Waals surface area (Å²) in [6.45, 7) is 0. The third-order valence-corrected chi connectivity index (χ3v) is 1.40. The molecule has 1 radical (unpaired) electrons. The third kappa shape index (κ3) is 1.73. The van der Waals surface area contributed by atoms with Gasteiger partial charge in [0.25, 0.3) is 5.69 Å². The van der Waals surface area contributed by atoms with Gasteiger partial charge in [-0.15, -0.1) is 0 Å². The van der Waals surface area contributed by atoms with Crippen molar-refractivity contribution in [1.29, 1.82) is 0 Å². The van der Waals surface area contributed by atoms with E-state index < -0.39 is 27.9 Å². The van der Waals surface area contributed by atoms with Crippen LogP contribution in [0.1, 0.15) is 10.4 Å². The number of nitrogens with zero attached hydrogens (tertiary/aromatic N) is 1. The second-order valence-corrected chi connectivity index (χ2v) is 2.24. The van der Waals surface area contributed by atoms with Crippen LogP contribution in [0, 0.1) is 10.1 Å². The molecule has 0 amide bonds. The van der Waals surface area contributed by atoms with Gasteiger partial charge in [0.2, 0.25) is 0 Å². The predicted molar refractivity (Wildman–Crippen MR) is 40.2 cm³/mol. The molecule has 0 spiro atoms. The number of carbonyl (C=O) groups is 1. The third-order valence-electron chi connectivity index (χ3n) is 1.40. The van der Waals surface area contributed by atoms with Crippen LogP contribution in [0.5, 0.6) is 5.75 Å². The van der Waals surface area contributed by atoms with Crippen molar-refractivity contribution in [3.63, 3.8) is 0 Å². The van der Waals surface area contributed by atoms with Gasteiger partial charge in [-0.25, -0.2) is 4.79 Å². The Labute approximate surface area is 72.2 Å². The average molecular weight is 182 g/mol. The molecule has 0 unspecified atom stereocenters. The highest BCUT2D eigenvalue weighted by molar-refractivity contribution is 5.92. The van der Waals surface area contributed by atoms with Crippen LogP contribution in [0.3, 0.4) is 0 Å². The number of rotatable bonds is 2. The monoisotopic (exact) mass is 182 g/mol. The second-order valence-electron chi connectivity index (χ2n) is 2.24. The number of nitro benzene ring substituents is 1. The van der Waals surface area contributed by atoms with Gasteiger partial charge in [0.15, 0.2) is 5.75 Å². The van der Waals surface area contributed by atoms with Crippen molar-refractivity contribution >= 4 is 11.7 Å². The number of carboxylic acid groups (broad SMARTS) is 1. The van der Waals surface area contributed by atoms with E-state index in [-0.39, 0.29) is 0 Å². The summed E-state index contributed by atoms with van der Waals surface area (Å²) in [5.74, 6) is -2.05. The van der Waals surface area contributed by atoms with E-state index in [9.17, 15) is 20.0 Å². The first-order chi connectivity index (χ1) is 6.02. The Bertz CT molecular complexity index is 373. The number of carboxylic acids is 1. The first-order valence-corrected chi connectivity index (χ1v) is 3.21. The van der Waals surface area contributed by atoms with Gasteiger partial charge in [-0.3, -0.25) is 15.2 Å². The van der Waals surface area contributed by atoms with Gasteiger partial charge in [0.05, 0.1) is 4.92 Å². The molecule has 0 aliphatic heterocycles. The number of benzene rings is 1. The van der Waals surface area contributed by atoms with Crippen LogP contribution in [0.15, 0.2) is 18.2 Å². The lowest BCUT2D eigenvalue weighted by Crippen LogP contribution is -2.01. The van der Waals surface area contributed by atoms with Gasteiger partial charge in [-0.2, -0.15) is 0 Å². The maximum atomic E-state index is 10.7. The fourth-order valence-electron chi connectivity index (χ4n) is 0.846. The summed E-state index contributed by atoms with van der Waals surface area (Å²) in [4.78, 5) is 19.9. The maximum absolute atomic E-state index is 10.7. The minimum absolute atomic E-state index is 0.567. The zero-order valence-corrected chi connectivity index (χ0v) is 6.26. The van der Waals surface area contributed by atoms with Crippen molar-refractivity contribution in [3.05, 3.63) is 33.9 Å². The van der Waals surface area contributed by atoms with Crippen molar-refractivity contribution in [2.24, 2.45) is 0 Å². The Morgan fingerprint density at radius 2 is 2.08 bits per heavy atom. The largest absolute Gasteiger partial charge is 0.477 e. The average Bonchev–Trinajstić information content (AvgIpc) is 2.03. The molecule has 1 aromatic carbocycles. The maximum Gasteiger partial charge on any atom is 0.342 e. The number of hydrogen-bond donors (Lipinski definition) is 1. The molecule has 1 aromatic rings. The Kier molecular flexibility index (Phi) is 2.14. The minimum Gasteiger partial charge on any atom is -0.477 e. The van der Waals surface area contributed by atoms with E-state index in [1.54, 1.807) is 0 Å².